The Bertz CT molecular complexity index is 1270. The SMILES string of the molecule is COCCCOc1cc(C(=O)N(C[C@@H]2CNC[C@H]2CN(C(=O)C[C@@H](NC(C)=O)c2ccccc2)C2CC2)C(C)C)ccc1OC. The van der Waals surface area contributed by atoms with E-state index in [0.29, 0.717) is 43.4 Å². The van der Waals surface area contributed by atoms with E-state index in [1.54, 1.807) is 32.4 Å². The van der Waals surface area contributed by atoms with E-state index in [1.807, 2.05) is 54.0 Å². The zero-order valence-electron chi connectivity index (χ0n) is 27.4. The van der Waals surface area contributed by atoms with Crippen LogP contribution in [-0.4, -0.2) is 93.2 Å². The van der Waals surface area contributed by atoms with Crippen molar-refractivity contribution in [1.29, 1.82) is 0 Å². The van der Waals surface area contributed by atoms with E-state index in [-0.39, 0.29) is 54.1 Å². The molecule has 10 heteroatoms. The summed E-state index contributed by atoms with van der Waals surface area (Å²) in [5.41, 5.74) is 1.47. The van der Waals surface area contributed by atoms with Crippen molar-refractivity contribution in [2.45, 2.75) is 64.6 Å². The van der Waals surface area contributed by atoms with Crippen LogP contribution in [0.2, 0.25) is 0 Å². The second-order valence-corrected chi connectivity index (χ2v) is 12.4. The number of carbonyl (C=O) groups excluding carboxylic acids is 3. The number of ether oxygens (including phenoxy) is 3. The molecular weight excluding hydrogens is 572 g/mol. The summed E-state index contributed by atoms with van der Waals surface area (Å²) in [7, 11) is 3.24. The van der Waals surface area contributed by atoms with Gasteiger partial charge in [0.15, 0.2) is 11.5 Å². The number of nitrogens with zero attached hydrogens (tertiary/aromatic N) is 2. The third-order valence-electron chi connectivity index (χ3n) is 8.65. The first-order chi connectivity index (χ1) is 21.7. The molecule has 1 saturated heterocycles. The fourth-order valence-electron chi connectivity index (χ4n) is 6.04. The van der Waals surface area contributed by atoms with Gasteiger partial charge in [0.05, 0.1) is 26.2 Å². The number of carbonyl (C=O) groups is 3. The second-order valence-electron chi connectivity index (χ2n) is 12.4. The Hall–Kier alpha value is -3.63. The number of rotatable bonds is 17. The average Bonchev–Trinajstić information content (AvgIpc) is 3.78. The highest BCUT2D eigenvalue weighted by Gasteiger charge is 2.39. The summed E-state index contributed by atoms with van der Waals surface area (Å²) in [5.74, 6) is 1.35. The van der Waals surface area contributed by atoms with E-state index in [1.165, 1.54) is 6.92 Å². The molecule has 4 rings (SSSR count). The Morgan fingerprint density at radius 2 is 1.67 bits per heavy atom. The van der Waals surface area contributed by atoms with Gasteiger partial charge in [0.25, 0.3) is 5.91 Å². The molecule has 1 aliphatic heterocycles. The van der Waals surface area contributed by atoms with Crippen molar-refractivity contribution in [2.75, 3.05) is 53.6 Å². The van der Waals surface area contributed by atoms with Gasteiger partial charge < -0.3 is 34.6 Å². The smallest absolute Gasteiger partial charge is 0.254 e. The van der Waals surface area contributed by atoms with Crippen LogP contribution >= 0.6 is 0 Å². The van der Waals surface area contributed by atoms with E-state index in [4.69, 9.17) is 14.2 Å². The number of benzene rings is 2. The predicted octanol–water partition coefficient (Wildman–Crippen LogP) is 4.06. The normalized spacial score (nSPS) is 18.4. The van der Waals surface area contributed by atoms with E-state index in [2.05, 4.69) is 10.6 Å². The standard InChI is InChI=1S/C35H50N4O6/c1-24(2)38(35(42)27-12-15-32(44-5)33(18-27)45-17-9-16-43-4)22-28-20-36-21-29(28)23-39(30-13-14-30)34(41)19-31(37-25(3)40)26-10-7-6-8-11-26/h6-8,10-12,15,18,24,28-31,36H,9,13-14,16-17,19-23H2,1-5H3,(H,37,40)/t28-,29-,31+/m0/s1. The number of nitrogens with one attached hydrogen (secondary N) is 2. The average molecular weight is 623 g/mol. The molecule has 2 N–H and O–H groups in total. The van der Waals surface area contributed by atoms with Gasteiger partial charge in [-0.15, -0.1) is 0 Å². The molecule has 1 aliphatic carbocycles. The maximum absolute atomic E-state index is 13.9. The molecule has 1 heterocycles. The molecule has 2 aliphatic rings. The Kier molecular flexibility index (Phi) is 12.6. The van der Waals surface area contributed by atoms with E-state index in [0.717, 1.165) is 37.9 Å². The van der Waals surface area contributed by atoms with Crippen LogP contribution in [0.4, 0.5) is 0 Å². The first-order valence-electron chi connectivity index (χ1n) is 16.1. The largest absolute Gasteiger partial charge is 0.493 e. The van der Waals surface area contributed by atoms with Gasteiger partial charge in [0.2, 0.25) is 11.8 Å². The Balaban J connectivity index is 1.44. The zero-order valence-corrected chi connectivity index (χ0v) is 27.4. The lowest BCUT2D eigenvalue weighted by Crippen LogP contribution is -2.45. The first-order valence-corrected chi connectivity index (χ1v) is 16.1. The summed E-state index contributed by atoms with van der Waals surface area (Å²) in [5, 5.41) is 6.49. The molecule has 45 heavy (non-hydrogen) atoms. The summed E-state index contributed by atoms with van der Waals surface area (Å²) in [6.07, 6.45) is 2.94. The Labute approximate surface area is 267 Å². The minimum absolute atomic E-state index is 0.0163. The molecule has 0 aromatic heterocycles. The molecule has 3 atom stereocenters. The van der Waals surface area contributed by atoms with Crippen LogP contribution in [0.1, 0.15) is 68.4 Å². The molecule has 10 nitrogen and oxygen atoms in total. The fourth-order valence-corrected chi connectivity index (χ4v) is 6.04. The third kappa shape index (κ3) is 9.68. The van der Waals surface area contributed by atoms with Crippen LogP contribution in [0, 0.1) is 11.8 Å². The van der Waals surface area contributed by atoms with Crippen molar-refractivity contribution in [1.82, 2.24) is 20.4 Å². The zero-order chi connectivity index (χ0) is 32.3. The molecule has 0 spiro atoms. The highest BCUT2D eigenvalue weighted by molar-refractivity contribution is 5.95. The van der Waals surface area contributed by atoms with E-state index >= 15 is 0 Å². The third-order valence-corrected chi connectivity index (χ3v) is 8.65. The molecule has 0 unspecified atom stereocenters. The summed E-state index contributed by atoms with van der Waals surface area (Å²) in [6, 6.07) is 14.8. The van der Waals surface area contributed by atoms with Gasteiger partial charge in [-0.1, -0.05) is 30.3 Å². The van der Waals surface area contributed by atoms with Gasteiger partial charge >= 0.3 is 0 Å². The van der Waals surface area contributed by atoms with Crippen LogP contribution < -0.4 is 20.1 Å². The first kappa shape index (κ1) is 34.2. The molecule has 0 bridgehead atoms. The van der Waals surface area contributed by atoms with Crippen molar-refractivity contribution in [3.8, 4) is 11.5 Å². The molecule has 2 aromatic rings. The highest BCUT2D eigenvalue weighted by Crippen LogP contribution is 2.33. The van der Waals surface area contributed by atoms with Crippen LogP contribution in [0.25, 0.3) is 0 Å². The lowest BCUT2D eigenvalue weighted by atomic mass is 9.93. The summed E-state index contributed by atoms with van der Waals surface area (Å²) in [6.45, 7) is 9.38. The highest BCUT2D eigenvalue weighted by atomic mass is 16.5. The molecular formula is C35H50N4O6. The fraction of sp³-hybridized carbons (Fsp3) is 0.571. The Morgan fingerprint density at radius 3 is 2.29 bits per heavy atom. The number of hydrogen-bond acceptors (Lipinski definition) is 7. The number of amides is 3. The van der Waals surface area contributed by atoms with Crippen molar-refractivity contribution < 1.29 is 28.6 Å². The van der Waals surface area contributed by atoms with Gasteiger partial charge in [0.1, 0.15) is 0 Å². The number of methoxy groups -OCH3 is 2. The van der Waals surface area contributed by atoms with Crippen molar-refractivity contribution in [3.63, 3.8) is 0 Å². The van der Waals surface area contributed by atoms with Crippen molar-refractivity contribution in [2.24, 2.45) is 11.8 Å². The van der Waals surface area contributed by atoms with E-state index in [9.17, 15) is 14.4 Å². The molecule has 2 fully saturated rings. The topological polar surface area (TPSA) is 109 Å². The van der Waals surface area contributed by atoms with Crippen molar-refractivity contribution >= 4 is 17.7 Å². The van der Waals surface area contributed by atoms with Crippen LogP contribution in [0.5, 0.6) is 11.5 Å². The second kappa shape index (κ2) is 16.6. The maximum atomic E-state index is 13.9. The summed E-state index contributed by atoms with van der Waals surface area (Å²) >= 11 is 0. The molecule has 246 valence electrons. The van der Waals surface area contributed by atoms with Gasteiger partial charge in [-0.05, 0) is 62.3 Å². The van der Waals surface area contributed by atoms with Gasteiger partial charge in [-0.2, -0.15) is 0 Å². The van der Waals surface area contributed by atoms with Crippen molar-refractivity contribution in [3.05, 3.63) is 59.7 Å². The monoisotopic (exact) mass is 622 g/mol. The quantitative estimate of drug-likeness (QED) is 0.256. The minimum Gasteiger partial charge on any atom is -0.493 e. The van der Waals surface area contributed by atoms with Gasteiger partial charge in [-0.25, -0.2) is 0 Å². The summed E-state index contributed by atoms with van der Waals surface area (Å²) in [4.78, 5) is 43.6. The molecule has 0 radical (unpaired) electrons. The minimum atomic E-state index is -0.373. The van der Waals surface area contributed by atoms with Gasteiger partial charge in [0, 0.05) is 70.9 Å². The van der Waals surface area contributed by atoms with Crippen LogP contribution in [0.15, 0.2) is 48.5 Å². The maximum Gasteiger partial charge on any atom is 0.254 e. The molecule has 1 saturated carbocycles. The lowest BCUT2D eigenvalue weighted by Gasteiger charge is -2.34. The van der Waals surface area contributed by atoms with Gasteiger partial charge in [-0.3, -0.25) is 14.4 Å². The predicted molar refractivity (Wildman–Crippen MR) is 173 cm³/mol. The molecule has 2 aromatic carbocycles. The van der Waals surface area contributed by atoms with Crippen LogP contribution in [0.3, 0.4) is 0 Å². The Morgan fingerprint density at radius 1 is 0.956 bits per heavy atom. The van der Waals surface area contributed by atoms with Crippen LogP contribution in [-0.2, 0) is 14.3 Å². The van der Waals surface area contributed by atoms with E-state index < -0.39 is 0 Å². The number of hydrogen-bond donors (Lipinski definition) is 2. The summed E-state index contributed by atoms with van der Waals surface area (Å²) < 4.78 is 16.5. The lowest BCUT2D eigenvalue weighted by molar-refractivity contribution is -0.133. The molecule has 3 amide bonds.